The molecule has 0 N–H and O–H groups in total. The highest BCUT2D eigenvalue weighted by Crippen LogP contribution is 2.27. The first-order valence-corrected chi connectivity index (χ1v) is 11.1. The third kappa shape index (κ3) is 4.82. The Labute approximate surface area is 188 Å². The Bertz CT molecular complexity index is 931. The van der Waals surface area contributed by atoms with Crippen molar-refractivity contribution in [1.29, 1.82) is 0 Å². The molecule has 2 aromatic rings. The monoisotopic (exact) mass is 438 g/mol. The molecule has 0 radical (unpaired) electrons. The van der Waals surface area contributed by atoms with Crippen LogP contribution in [0.1, 0.15) is 46.4 Å². The predicted molar refractivity (Wildman–Crippen MR) is 121 cm³/mol. The van der Waals surface area contributed by atoms with E-state index >= 15 is 0 Å². The quantitative estimate of drug-likeness (QED) is 0.661. The van der Waals surface area contributed by atoms with Gasteiger partial charge in [0.2, 0.25) is 0 Å². The average Bonchev–Trinajstić information content (AvgIpc) is 3.54. The van der Waals surface area contributed by atoms with Gasteiger partial charge in [0.25, 0.3) is 11.8 Å². The molecule has 0 bridgehead atoms. The number of methoxy groups -OCH3 is 2. The molecule has 0 saturated carbocycles. The van der Waals surface area contributed by atoms with Crippen LogP contribution in [0.3, 0.4) is 0 Å². The molecule has 0 aromatic heterocycles. The Morgan fingerprint density at radius 3 is 2.09 bits per heavy atom. The van der Waals surface area contributed by atoms with Crippen LogP contribution in [0.2, 0.25) is 0 Å². The molecule has 2 aliphatic heterocycles. The third-order valence-electron chi connectivity index (χ3n) is 6.17. The number of likely N-dealkylation sites (tertiary alicyclic amines) is 2. The van der Waals surface area contributed by atoms with Crippen molar-refractivity contribution in [2.24, 2.45) is 0 Å². The summed E-state index contributed by atoms with van der Waals surface area (Å²) in [6.07, 6.45) is 3.97. The molecule has 2 fully saturated rings. The molecular weight excluding hydrogens is 408 g/mol. The van der Waals surface area contributed by atoms with Crippen LogP contribution in [0.15, 0.2) is 42.5 Å². The lowest BCUT2D eigenvalue weighted by Crippen LogP contribution is -2.39. The van der Waals surface area contributed by atoms with E-state index in [1.165, 1.54) is 0 Å². The molecule has 0 unspecified atom stereocenters. The number of hydrogen-bond acceptors (Lipinski definition) is 5. The molecule has 4 rings (SSSR count). The van der Waals surface area contributed by atoms with Crippen LogP contribution in [0.25, 0.3) is 0 Å². The van der Waals surface area contributed by atoms with Gasteiger partial charge in [0.15, 0.2) is 0 Å². The number of carbonyl (C=O) groups is 2. The minimum atomic E-state index is -0.0557. The van der Waals surface area contributed by atoms with Crippen LogP contribution in [0.4, 0.5) is 0 Å². The predicted octanol–water partition coefficient (Wildman–Crippen LogP) is 3.62. The zero-order chi connectivity index (χ0) is 22.5. The van der Waals surface area contributed by atoms with Crippen molar-refractivity contribution in [2.45, 2.75) is 31.7 Å². The summed E-state index contributed by atoms with van der Waals surface area (Å²) in [5.41, 5.74) is 1.22. The van der Waals surface area contributed by atoms with Crippen molar-refractivity contribution in [3.05, 3.63) is 53.6 Å². The summed E-state index contributed by atoms with van der Waals surface area (Å²) in [6, 6.07) is 12.5. The minimum absolute atomic E-state index is 0.00870. The third-order valence-corrected chi connectivity index (χ3v) is 6.17. The number of nitrogens with zero attached hydrogens (tertiary/aromatic N) is 2. The SMILES string of the molecule is COc1cc(OC)cc(C(=O)N2CCC[C@@H]2COc2ccc(C(=O)N3CCCC3)cc2)c1. The first-order valence-electron chi connectivity index (χ1n) is 11.1. The van der Waals surface area contributed by atoms with E-state index in [9.17, 15) is 9.59 Å². The van der Waals surface area contributed by atoms with Gasteiger partial charge >= 0.3 is 0 Å². The van der Waals surface area contributed by atoms with Crippen molar-refractivity contribution in [3.63, 3.8) is 0 Å². The molecule has 2 heterocycles. The molecule has 2 amide bonds. The summed E-state index contributed by atoms with van der Waals surface area (Å²) in [5, 5.41) is 0. The highest BCUT2D eigenvalue weighted by molar-refractivity contribution is 5.95. The molecule has 1 atom stereocenters. The minimum Gasteiger partial charge on any atom is -0.497 e. The lowest BCUT2D eigenvalue weighted by atomic mass is 10.1. The number of amides is 2. The Morgan fingerprint density at radius 2 is 1.47 bits per heavy atom. The molecule has 170 valence electrons. The molecule has 7 heteroatoms. The van der Waals surface area contributed by atoms with Crippen LogP contribution in [-0.2, 0) is 0 Å². The van der Waals surface area contributed by atoms with E-state index in [0.29, 0.717) is 41.5 Å². The van der Waals surface area contributed by atoms with Crippen LogP contribution < -0.4 is 14.2 Å². The number of rotatable bonds is 7. The lowest BCUT2D eigenvalue weighted by Gasteiger charge is -2.25. The van der Waals surface area contributed by atoms with Crippen molar-refractivity contribution in [2.75, 3.05) is 40.5 Å². The zero-order valence-corrected chi connectivity index (χ0v) is 18.7. The smallest absolute Gasteiger partial charge is 0.254 e. The molecule has 0 aliphatic carbocycles. The number of carbonyl (C=O) groups excluding carboxylic acids is 2. The number of hydrogen-bond donors (Lipinski definition) is 0. The van der Waals surface area contributed by atoms with Crippen LogP contribution >= 0.6 is 0 Å². The standard InChI is InChI=1S/C25H30N2O5/c1-30-22-14-19(15-23(16-22)31-2)25(29)27-13-5-6-20(27)17-32-21-9-7-18(8-10-21)24(28)26-11-3-4-12-26/h7-10,14-16,20H,3-6,11-13,17H2,1-2H3/t20-/m1/s1. The Balaban J connectivity index is 1.38. The van der Waals surface area contributed by atoms with Gasteiger partial charge in [0, 0.05) is 36.8 Å². The summed E-state index contributed by atoms with van der Waals surface area (Å²) in [4.78, 5) is 29.4. The van der Waals surface area contributed by atoms with Crippen molar-refractivity contribution in [3.8, 4) is 17.2 Å². The van der Waals surface area contributed by atoms with Gasteiger partial charge < -0.3 is 24.0 Å². The fraction of sp³-hybridized carbons (Fsp3) is 0.440. The van der Waals surface area contributed by atoms with Crippen LogP contribution in [0, 0.1) is 0 Å². The van der Waals surface area contributed by atoms with Gasteiger partial charge in [-0.2, -0.15) is 0 Å². The summed E-state index contributed by atoms with van der Waals surface area (Å²) >= 11 is 0. The van der Waals surface area contributed by atoms with Gasteiger partial charge in [0.05, 0.1) is 20.3 Å². The molecule has 2 saturated heterocycles. The molecule has 32 heavy (non-hydrogen) atoms. The van der Waals surface area contributed by atoms with E-state index in [0.717, 1.165) is 38.8 Å². The lowest BCUT2D eigenvalue weighted by molar-refractivity contribution is 0.0690. The van der Waals surface area contributed by atoms with Gasteiger partial charge in [-0.1, -0.05) is 0 Å². The Morgan fingerprint density at radius 1 is 0.812 bits per heavy atom. The molecule has 7 nitrogen and oxygen atoms in total. The maximum Gasteiger partial charge on any atom is 0.254 e. The second-order valence-electron chi connectivity index (χ2n) is 8.23. The highest BCUT2D eigenvalue weighted by atomic mass is 16.5. The fourth-order valence-electron chi connectivity index (χ4n) is 4.36. The van der Waals surface area contributed by atoms with Gasteiger partial charge in [-0.3, -0.25) is 9.59 Å². The maximum atomic E-state index is 13.2. The molecular formula is C25H30N2O5. The average molecular weight is 439 g/mol. The van der Waals surface area contributed by atoms with Crippen molar-refractivity contribution < 1.29 is 23.8 Å². The number of benzene rings is 2. The summed E-state index contributed by atoms with van der Waals surface area (Å²) in [6.45, 7) is 2.77. The van der Waals surface area contributed by atoms with E-state index in [4.69, 9.17) is 14.2 Å². The zero-order valence-electron chi connectivity index (χ0n) is 18.7. The fourth-order valence-corrected chi connectivity index (χ4v) is 4.36. The normalized spacial score (nSPS) is 18.0. The second-order valence-corrected chi connectivity index (χ2v) is 8.23. The van der Waals surface area contributed by atoms with E-state index < -0.39 is 0 Å². The number of ether oxygens (including phenoxy) is 3. The van der Waals surface area contributed by atoms with Gasteiger partial charge in [0.1, 0.15) is 23.9 Å². The summed E-state index contributed by atoms with van der Waals surface area (Å²) in [5.74, 6) is 1.90. The summed E-state index contributed by atoms with van der Waals surface area (Å²) in [7, 11) is 3.14. The second kappa shape index (κ2) is 9.94. The van der Waals surface area contributed by atoms with Gasteiger partial charge in [-0.25, -0.2) is 0 Å². The first kappa shape index (κ1) is 22.0. The molecule has 2 aliphatic rings. The van der Waals surface area contributed by atoms with Gasteiger partial charge in [-0.15, -0.1) is 0 Å². The van der Waals surface area contributed by atoms with Crippen LogP contribution in [0.5, 0.6) is 17.2 Å². The van der Waals surface area contributed by atoms with E-state index in [1.54, 1.807) is 32.4 Å². The van der Waals surface area contributed by atoms with Crippen LogP contribution in [-0.4, -0.2) is 68.1 Å². The topological polar surface area (TPSA) is 68.3 Å². The first-order chi connectivity index (χ1) is 15.6. The van der Waals surface area contributed by atoms with E-state index in [1.807, 2.05) is 34.1 Å². The van der Waals surface area contributed by atoms with E-state index in [-0.39, 0.29) is 17.9 Å². The van der Waals surface area contributed by atoms with Gasteiger partial charge in [-0.05, 0) is 62.1 Å². The highest BCUT2D eigenvalue weighted by Gasteiger charge is 2.30. The Kier molecular flexibility index (Phi) is 6.83. The Hall–Kier alpha value is -3.22. The summed E-state index contributed by atoms with van der Waals surface area (Å²) < 4.78 is 16.6. The van der Waals surface area contributed by atoms with Crippen molar-refractivity contribution >= 4 is 11.8 Å². The molecule has 2 aromatic carbocycles. The van der Waals surface area contributed by atoms with Crippen molar-refractivity contribution in [1.82, 2.24) is 9.80 Å². The molecule has 0 spiro atoms. The largest absolute Gasteiger partial charge is 0.497 e. The maximum absolute atomic E-state index is 13.2. The van der Waals surface area contributed by atoms with E-state index in [2.05, 4.69) is 0 Å².